The molecule has 2 nitrogen and oxygen atoms in total. The summed E-state index contributed by atoms with van der Waals surface area (Å²) in [5.41, 5.74) is 6.31. The first kappa shape index (κ1) is 12.7. The Kier molecular flexibility index (Phi) is 4.98. The molecular formula is C13H25NOS. The summed E-state index contributed by atoms with van der Waals surface area (Å²) in [6, 6.07) is 0.415. The smallest absolute Gasteiger partial charge is 0.0666 e. The van der Waals surface area contributed by atoms with Crippen molar-refractivity contribution in [3.63, 3.8) is 0 Å². The van der Waals surface area contributed by atoms with E-state index in [0.29, 0.717) is 17.4 Å². The quantitative estimate of drug-likeness (QED) is 0.824. The van der Waals surface area contributed by atoms with Gasteiger partial charge in [-0.15, -0.1) is 0 Å². The molecule has 1 saturated carbocycles. The van der Waals surface area contributed by atoms with Crippen molar-refractivity contribution in [3.8, 4) is 0 Å². The molecule has 0 amide bonds. The van der Waals surface area contributed by atoms with E-state index in [2.05, 4.69) is 6.92 Å². The van der Waals surface area contributed by atoms with Crippen LogP contribution in [0.1, 0.15) is 45.4 Å². The Labute approximate surface area is 104 Å². The number of hydrogen-bond acceptors (Lipinski definition) is 3. The highest BCUT2D eigenvalue weighted by Crippen LogP contribution is 2.31. The summed E-state index contributed by atoms with van der Waals surface area (Å²) >= 11 is 2.04. The van der Waals surface area contributed by atoms with Gasteiger partial charge in [-0.2, -0.15) is 11.8 Å². The molecule has 2 N–H and O–H groups in total. The van der Waals surface area contributed by atoms with Crippen LogP contribution in [0.4, 0.5) is 0 Å². The molecule has 1 saturated heterocycles. The van der Waals surface area contributed by atoms with Gasteiger partial charge in [0, 0.05) is 23.7 Å². The van der Waals surface area contributed by atoms with Crippen molar-refractivity contribution in [2.45, 2.75) is 62.8 Å². The Bertz CT molecular complexity index is 206. The lowest BCUT2D eigenvalue weighted by atomic mass is 9.85. The maximum atomic E-state index is 6.31. The van der Waals surface area contributed by atoms with Crippen LogP contribution in [0.5, 0.6) is 0 Å². The van der Waals surface area contributed by atoms with Gasteiger partial charge in [-0.3, -0.25) is 0 Å². The number of hydrogen-bond donors (Lipinski definition) is 1. The molecule has 0 radical (unpaired) electrons. The fourth-order valence-corrected chi connectivity index (χ4v) is 4.22. The average molecular weight is 243 g/mol. The molecule has 1 aliphatic heterocycles. The Balaban J connectivity index is 1.68. The van der Waals surface area contributed by atoms with Gasteiger partial charge in [0.05, 0.1) is 6.10 Å². The van der Waals surface area contributed by atoms with E-state index >= 15 is 0 Å². The zero-order valence-corrected chi connectivity index (χ0v) is 11.2. The predicted molar refractivity (Wildman–Crippen MR) is 70.8 cm³/mol. The minimum atomic E-state index is 0.415. The molecule has 2 aliphatic rings. The first-order chi connectivity index (χ1) is 7.77. The van der Waals surface area contributed by atoms with E-state index in [1.54, 1.807) is 0 Å². The van der Waals surface area contributed by atoms with Crippen LogP contribution >= 0.6 is 11.8 Å². The fraction of sp³-hybridized carbons (Fsp3) is 1.00. The molecule has 0 bridgehead atoms. The van der Waals surface area contributed by atoms with Crippen LogP contribution in [0.2, 0.25) is 0 Å². The lowest BCUT2D eigenvalue weighted by molar-refractivity contribution is 0.127. The van der Waals surface area contributed by atoms with Crippen LogP contribution in [0.15, 0.2) is 0 Å². The van der Waals surface area contributed by atoms with E-state index in [1.165, 1.54) is 38.5 Å². The van der Waals surface area contributed by atoms with Gasteiger partial charge in [-0.05, 0) is 32.1 Å². The third-order valence-corrected chi connectivity index (χ3v) is 5.69. The molecule has 1 aliphatic carbocycles. The molecular weight excluding hydrogens is 218 g/mol. The standard InChI is InChI=1S/C13H25NOS/c1-10-13(7-8-15-10)16-9-12(14)11-5-3-2-4-6-11/h10-13H,2-9,14H2,1H3. The van der Waals surface area contributed by atoms with Crippen molar-refractivity contribution in [1.82, 2.24) is 0 Å². The third kappa shape index (κ3) is 3.38. The van der Waals surface area contributed by atoms with Gasteiger partial charge in [0.2, 0.25) is 0 Å². The lowest BCUT2D eigenvalue weighted by Gasteiger charge is -2.28. The Morgan fingerprint density at radius 3 is 2.62 bits per heavy atom. The van der Waals surface area contributed by atoms with Gasteiger partial charge in [-0.25, -0.2) is 0 Å². The second-order valence-electron chi connectivity index (χ2n) is 5.30. The number of ether oxygens (including phenoxy) is 1. The summed E-state index contributed by atoms with van der Waals surface area (Å²) in [4.78, 5) is 0. The normalized spacial score (nSPS) is 34.1. The molecule has 1 heterocycles. The molecule has 0 aromatic rings. The van der Waals surface area contributed by atoms with E-state index in [1.807, 2.05) is 11.8 Å². The second-order valence-corrected chi connectivity index (χ2v) is 6.57. The molecule has 3 heteroatoms. The van der Waals surface area contributed by atoms with Gasteiger partial charge < -0.3 is 10.5 Å². The molecule has 94 valence electrons. The maximum absolute atomic E-state index is 6.31. The minimum Gasteiger partial charge on any atom is -0.377 e. The summed E-state index contributed by atoms with van der Waals surface area (Å²) < 4.78 is 5.58. The van der Waals surface area contributed by atoms with Crippen molar-refractivity contribution >= 4 is 11.8 Å². The Hall–Kier alpha value is 0.270. The zero-order chi connectivity index (χ0) is 11.4. The highest BCUT2D eigenvalue weighted by Gasteiger charge is 2.27. The van der Waals surface area contributed by atoms with Crippen molar-refractivity contribution in [3.05, 3.63) is 0 Å². The SMILES string of the molecule is CC1OCCC1SCC(N)C1CCCCC1. The van der Waals surface area contributed by atoms with E-state index < -0.39 is 0 Å². The van der Waals surface area contributed by atoms with Gasteiger partial charge in [-0.1, -0.05) is 19.3 Å². The molecule has 16 heavy (non-hydrogen) atoms. The lowest BCUT2D eigenvalue weighted by Crippen LogP contribution is -2.34. The van der Waals surface area contributed by atoms with E-state index in [-0.39, 0.29) is 0 Å². The minimum absolute atomic E-state index is 0.415. The monoisotopic (exact) mass is 243 g/mol. The first-order valence-electron chi connectivity index (χ1n) is 6.76. The van der Waals surface area contributed by atoms with Crippen molar-refractivity contribution in [2.24, 2.45) is 11.7 Å². The molecule has 0 aromatic carbocycles. The van der Waals surface area contributed by atoms with Crippen molar-refractivity contribution in [2.75, 3.05) is 12.4 Å². The molecule has 2 fully saturated rings. The van der Waals surface area contributed by atoms with E-state index in [0.717, 1.165) is 18.3 Å². The summed E-state index contributed by atoms with van der Waals surface area (Å²) in [5, 5.41) is 0.689. The molecule has 3 unspecified atom stereocenters. The van der Waals surface area contributed by atoms with Crippen LogP contribution in [0.3, 0.4) is 0 Å². The number of rotatable bonds is 4. The van der Waals surface area contributed by atoms with E-state index in [4.69, 9.17) is 10.5 Å². The van der Waals surface area contributed by atoms with Crippen LogP contribution < -0.4 is 5.73 Å². The highest BCUT2D eigenvalue weighted by atomic mass is 32.2. The average Bonchev–Trinajstić information content (AvgIpc) is 2.73. The predicted octanol–water partition coefficient (Wildman–Crippen LogP) is 2.80. The Morgan fingerprint density at radius 2 is 2.00 bits per heavy atom. The molecule has 0 aromatic heterocycles. The summed E-state index contributed by atoms with van der Waals surface area (Å²) in [6.45, 7) is 3.13. The second kappa shape index (κ2) is 6.27. The first-order valence-corrected chi connectivity index (χ1v) is 7.81. The van der Waals surface area contributed by atoms with Crippen molar-refractivity contribution in [1.29, 1.82) is 0 Å². The molecule has 0 spiro atoms. The largest absolute Gasteiger partial charge is 0.377 e. The summed E-state index contributed by atoms with van der Waals surface area (Å²) in [6.07, 6.45) is 8.57. The third-order valence-electron chi connectivity index (χ3n) is 4.06. The van der Waals surface area contributed by atoms with Gasteiger partial charge in [0.15, 0.2) is 0 Å². The summed E-state index contributed by atoms with van der Waals surface area (Å²) in [7, 11) is 0. The van der Waals surface area contributed by atoms with E-state index in [9.17, 15) is 0 Å². The Morgan fingerprint density at radius 1 is 1.25 bits per heavy atom. The zero-order valence-electron chi connectivity index (χ0n) is 10.4. The van der Waals surface area contributed by atoms with Gasteiger partial charge >= 0.3 is 0 Å². The number of thioether (sulfide) groups is 1. The van der Waals surface area contributed by atoms with Gasteiger partial charge in [0.1, 0.15) is 0 Å². The fourth-order valence-electron chi connectivity index (χ4n) is 2.86. The highest BCUT2D eigenvalue weighted by molar-refractivity contribution is 8.00. The maximum Gasteiger partial charge on any atom is 0.0666 e. The molecule has 3 atom stereocenters. The van der Waals surface area contributed by atoms with Crippen molar-refractivity contribution < 1.29 is 4.74 Å². The van der Waals surface area contributed by atoms with Gasteiger partial charge in [0.25, 0.3) is 0 Å². The van der Waals surface area contributed by atoms with Crippen LogP contribution in [0.25, 0.3) is 0 Å². The van der Waals surface area contributed by atoms with Crippen LogP contribution in [-0.2, 0) is 4.74 Å². The van der Waals surface area contributed by atoms with Crippen LogP contribution in [0, 0.1) is 5.92 Å². The molecule has 2 rings (SSSR count). The van der Waals surface area contributed by atoms with Crippen LogP contribution in [-0.4, -0.2) is 29.8 Å². The topological polar surface area (TPSA) is 35.2 Å². The summed E-state index contributed by atoms with van der Waals surface area (Å²) in [5.74, 6) is 1.92. The number of nitrogens with two attached hydrogens (primary N) is 1.